The molecular weight excluding hydrogens is 351 g/mol. The summed E-state index contributed by atoms with van der Waals surface area (Å²) < 4.78 is 20.1. The van der Waals surface area contributed by atoms with Crippen LogP contribution in [0.15, 0.2) is 24.2 Å². The van der Waals surface area contributed by atoms with Crippen molar-refractivity contribution < 1.29 is 19.1 Å². The Morgan fingerprint density at radius 3 is 2.37 bits per heavy atom. The number of nitrogens with zero attached hydrogens (tertiary/aromatic N) is 1. The molecule has 27 heavy (non-hydrogen) atoms. The largest absolute Gasteiger partial charge is 0.476 e. The van der Waals surface area contributed by atoms with E-state index in [0.717, 1.165) is 47.9 Å². The number of hydrogen-bond donors (Lipinski definition) is 4. The molecule has 144 valence electrons. The number of hydrazine groups is 1. The first-order chi connectivity index (χ1) is 13.1. The molecule has 1 aromatic rings. The van der Waals surface area contributed by atoms with E-state index >= 15 is 0 Å². The van der Waals surface area contributed by atoms with Crippen LogP contribution in [0.5, 0.6) is 0 Å². The third-order valence-corrected chi connectivity index (χ3v) is 5.30. The highest BCUT2D eigenvalue weighted by atomic mass is 19.1. The van der Waals surface area contributed by atoms with Crippen molar-refractivity contribution in [2.24, 2.45) is 0 Å². The van der Waals surface area contributed by atoms with Crippen LogP contribution in [0.1, 0.15) is 35.1 Å². The summed E-state index contributed by atoms with van der Waals surface area (Å²) in [5.74, 6) is 0.254. The Morgan fingerprint density at radius 2 is 1.81 bits per heavy atom. The molecule has 1 fully saturated rings. The third-order valence-electron chi connectivity index (χ3n) is 5.30. The number of carbonyl (C=O) groups is 1. The van der Waals surface area contributed by atoms with Gasteiger partial charge in [0.05, 0.1) is 6.54 Å². The van der Waals surface area contributed by atoms with Gasteiger partial charge >= 0.3 is 6.03 Å². The van der Waals surface area contributed by atoms with Gasteiger partial charge in [-0.1, -0.05) is 6.58 Å². The van der Waals surface area contributed by atoms with Crippen molar-refractivity contribution in [2.75, 3.05) is 18.5 Å². The highest BCUT2D eigenvalue weighted by Gasteiger charge is 2.30. The van der Waals surface area contributed by atoms with E-state index in [0.29, 0.717) is 42.7 Å². The average molecular weight is 374 g/mol. The number of nitrogens with one attached hydrogen (secondary N) is 3. The van der Waals surface area contributed by atoms with Crippen LogP contribution >= 0.6 is 0 Å². The fourth-order valence-corrected chi connectivity index (χ4v) is 4.15. The molecule has 7 nitrogen and oxygen atoms in total. The molecule has 0 atom stereocenters. The SMILES string of the molecule is C=C/C(=C1\NCCO1)N(O)NC(=O)Nc1c2c(c(F)c3c1CCC3)CCC2. The van der Waals surface area contributed by atoms with Gasteiger partial charge in [0.15, 0.2) is 0 Å². The zero-order chi connectivity index (χ0) is 19.0. The van der Waals surface area contributed by atoms with Gasteiger partial charge in [-0.05, 0) is 66.9 Å². The van der Waals surface area contributed by atoms with Gasteiger partial charge in [0.1, 0.15) is 18.1 Å². The molecule has 0 bridgehead atoms. The van der Waals surface area contributed by atoms with Gasteiger partial charge in [0.2, 0.25) is 5.88 Å². The first-order valence-corrected chi connectivity index (χ1v) is 9.25. The minimum atomic E-state index is -0.606. The zero-order valence-electron chi connectivity index (χ0n) is 15.0. The summed E-state index contributed by atoms with van der Waals surface area (Å²) in [6, 6.07) is -0.606. The summed E-state index contributed by atoms with van der Waals surface area (Å²) in [5.41, 5.74) is 6.48. The number of allylic oxidation sites excluding steroid dienone is 1. The summed E-state index contributed by atoms with van der Waals surface area (Å²) in [6.45, 7) is 4.71. The molecule has 1 aromatic carbocycles. The normalized spacial score (nSPS) is 18.9. The van der Waals surface area contributed by atoms with Crippen LogP contribution in [0, 0.1) is 5.82 Å². The maximum atomic E-state index is 14.7. The van der Waals surface area contributed by atoms with Crippen LogP contribution in [0.3, 0.4) is 0 Å². The van der Waals surface area contributed by atoms with E-state index in [-0.39, 0.29) is 11.5 Å². The summed E-state index contributed by atoms with van der Waals surface area (Å²) in [7, 11) is 0. The molecule has 1 aliphatic heterocycles. The second-order valence-corrected chi connectivity index (χ2v) is 6.88. The highest BCUT2D eigenvalue weighted by molar-refractivity contribution is 5.92. The third kappa shape index (κ3) is 3.10. The van der Waals surface area contributed by atoms with E-state index in [4.69, 9.17) is 4.74 Å². The lowest BCUT2D eigenvalue weighted by molar-refractivity contribution is -0.0869. The molecule has 4 rings (SSSR count). The summed E-state index contributed by atoms with van der Waals surface area (Å²) in [6.07, 6.45) is 6.04. The molecule has 0 radical (unpaired) electrons. The molecule has 0 saturated carbocycles. The predicted molar refractivity (Wildman–Crippen MR) is 97.4 cm³/mol. The smallest absolute Gasteiger partial charge is 0.339 e. The Labute approximate surface area is 156 Å². The Morgan fingerprint density at radius 1 is 1.19 bits per heavy atom. The molecule has 3 aliphatic rings. The van der Waals surface area contributed by atoms with Gasteiger partial charge in [-0.25, -0.2) is 14.6 Å². The summed E-state index contributed by atoms with van der Waals surface area (Å²) in [4.78, 5) is 12.5. The van der Waals surface area contributed by atoms with Crippen molar-refractivity contribution in [3.63, 3.8) is 0 Å². The Kier molecular flexibility index (Phi) is 4.65. The van der Waals surface area contributed by atoms with Gasteiger partial charge in [0.25, 0.3) is 0 Å². The van der Waals surface area contributed by atoms with Gasteiger partial charge in [-0.3, -0.25) is 5.21 Å². The first kappa shape index (κ1) is 17.7. The van der Waals surface area contributed by atoms with Gasteiger partial charge in [-0.15, -0.1) is 0 Å². The fraction of sp³-hybridized carbons (Fsp3) is 0.421. The number of anilines is 1. The first-order valence-electron chi connectivity index (χ1n) is 9.25. The van der Waals surface area contributed by atoms with E-state index in [1.54, 1.807) is 0 Å². The number of amides is 2. The average Bonchev–Trinajstić information content (AvgIpc) is 3.39. The molecule has 0 spiro atoms. The number of fused-ring (bicyclic) bond motifs is 2. The fourth-order valence-electron chi connectivity index (χ4n) is 4.15. The number of hydroxylamine groups is 1. The molecule has 1 heterocycles. The number of halogens is 1. The van der Waals surface area contributed by atoms with E-state index in [1.165, 1.54) is 6.08 Å². The molecule has 2 aliphatic carbocycles. The quantitative estimate of drug-likeness (QED) is 0.609. The van der Waals surface area contributed by atoms with E-state index in [1.807, 2.05) is 0 Å². The predicted octanol–water partition coefficient (Wildman–Crippen LogP) is 2.51. The van der Waals surface area contributed by atoms with Crippen LogP contribution in [-0.2, 0) is 30.4 Å². The van der Waals surface area contributed by atoms with Crippen molar-refractivity contribution in [3.8, 4) is 0 Å². The molecule has 4 N–H and O–H groups in total. The Balaban J connectivity index is 1.56. The minimum Gasteiger partial charge on any atom is -0.476 e. The number of ether oxygens (including phenoxy) is 1. The number of hydrogen-bond acceptors (Lipinski definition) is 5. The van der Waals surface area contributed by atoms with Crippen LogP contribution in [0.2, 0.25) is 0 Å². The second kappa shape index (κ2) is 7.11. The summed E-state index contributed by atoms with van der Waals surface area (Å²) >= 11 is 0. The van der Waals surface area contributed by atoms with E-state index < -0.39 is 6.03 Å². The molecule has 0 aromatic heterocycles. The van der Waals surface area contributed by atoms with Crippen molar-refractivity contribution in [3.05, 3.63) is 52.3 Å². The lowest BCUT2D eigenvalue weighted by atomic mass is 9.98. The van der Waals surface area contributed by atoms with Gasteiger partial charge < -0.3 is 15.4 Å². The molecule has 1 saturated heterocycles. The van der Waals surface area contributed by atoms with Crippen molar-refractivity contribution in [2.45, 2.75) is 38.5 Å². The number of urea groups is 1. The Hall–Kier alpha value is -2.74. The second-order valence-electron chi connectivity index (χ2n) is 6.88. The van der Waals surface area contributed by atoms with Crippen LogP contribution in [0.4, 0.5) is 14.9 Å². The van der Waals surface area contributed by atoms with Crippen LogP contribution in [-0.4, -0.2) is 29.6 Å². The zero-order valence-corrected chi connectivity index (χ0v) is 15.0. The highest BCUT2D eigenvalue weighted by Crippen LogP contribution is 2.40. The van der Waals surface area contributed by atoms with Crippen molar-refractivity contribution in [1.82, 2.24) is 15.9 Å². The van der Waals surface area contributed by atoms with Crippen LogP contribution < -0.4 is 16.1 Å². The molecule has 8 heteroatoms. The van der Waals surface area contributed by atoms with Gasteiger partial charge in [0, 0.05) is 5.69 Å². The topological polar surface area (TPSA) is 85.9 Å². The maximum Gasteiger partial charge on any atom is 0.339 e. The van der Waals surface area contributed by atoms with Gasteiger partial charge in [-0.2, -0.15) is 5.17 Å². The lowest BCUT2D eigenvalue weighted by Gasteiger charge is -2.22. The maximum absolute atomic E-state index is 14.7. The monoisotopic (exact) mass is 374 g/mol. The van der Waals surface area contributed by atoms with E-state index in [2.05, 4.69) is 22.6 Å². The molecular formula is C19H23FN4O3. The van der Waals surface area contributed by atoms with Crippen molar-refractivity contribution in [1.29, 1.82) is 0 Å². The van der Waals surface area contributed by atoms with Crippen LogP contribution in [0.25, 0.3) is 0 Å². The Bertz CT molecular complexity index is 794. The van der Waals surface area contributed by atoms with E-state index in [9.17, 15) is 14.4 Å². The number of carbonyl (C=O) groups excluding carboxylic acids is 1. The molecule has 2 amide bonds. The van der Waals surface area contributed by atoms with Crippen molar-refractivity contribution >= 4 is 11.7 Å². The summed E-state index contributed by atoms with van der Waals surface area (Å²) in [5, 5.41) is 16.6. The number of benzene rings is 1. The lowest BCUT2D eigenvalue weighted by Crippen LogP contribution is -2.42. The number of rotatable bonds is 4. The standard InChI is InChI=1S/C19H23FN4O3/c1-2-15(18-21-9-10-27-18)24(26)23-19(25)22-17-13-7-3-5-11(13)16(20)12-6-4-8-14(12)17/h2,21,26H,1,3-10H2,(H2,22,23,25)/b18-15-. The molecule has 0 unspecified atom stereocenters. The minimum absolute atomic E-state index is 0.0899.